The summed E-state index contributed by atoms with van der Waals surface area (Å²) in [6, 6.07) is 1.05. The molecule has 4 nitrogen and oxygen atoms in total. The molecule has 2 unspecified atom stereocenters. The van der Waals surface area contributed by atoms with Crippen LogP contribution in [0.4, 0.5) is 4.79 Å². The Kier molecular flexibility index (Phi) is 3.14. The first-order valence-corrected chi connectivity index (χ1v) is 5.77. The summed E-state index contributed by atoms with van der Waals surface area (Å²) in [5, 5.41) is 2.91. The first kappa shape index (κ1) is 10.7. The van der Waals surface area contributed by atoms with Crippen molar-refractivity contribution in [3.05, 3.63) is 0 Å². The van der Waals surface area contributed by atoms with Crippen molar-refractivity contribution in [2.24, 2.45) is 5.92 Å². The highest BCUT2D eigenvalue weighted by molar-refractivity contribution is 5.67. The van der Waals surface area contributed by atoms with Gasteiger partial charge in [-0.2, -0.15) is 0 Å². The average Bonchev–Trinajstić information content (AvgIpc) is 2.99. The van der Waals surface area contributed by atoms with E-state index < -0.39 is 0 Å². The van der Waals surface area contributed by atoms with Gasteiger partial charge in [0, 0.05) is 25.2 Å². The van der Waals surface area contributed by atoms with Gasteiger partial charge >= 0.3 is 6.09 Å². The molecule has 0 radical (unpaired) electrons. The van der Waals surface area contributed by atoms with Gasteiger partial charge in [0.1, 0.15) is 0 Å². The third-order valence-corrected chi connectivity index (χ3v) is 3.26. The summed E-state index contributed by atoms with van der Waals surface area (Å²) in [6.07, 6.45) is 3.43. The van der Waals surface area contributed by atoms with E-state index in [1.165, 1.54) is 26.5 Å². The monoisotopic (exact) mass is 212 g/mol. The van der Waals surface area contributed by atoms with Gasteiger partial charge in [-0.05, 0) is 25.2 Å². The van der Waals surface area contributed by atoms with Crippen molar-refractivity contribution in [1.82, 2.24) is 10.2 Å². The molecule has 0 aromatic carbocycles. The maximum atomic E-state index is 11.1. The van der Waals surface area contributed by atoms with Crippen LogP contribution in [0.25, 0.3) is 0 Å². The van der Waals surface area contributed by atoms with Crippen LogP contribution in [0.15, 0.2) is 0 Å². The van der Waals surface area contributed by atoms with Crippen molar-refractivity contribution in [2.75, 3.05) is 20.2 Å². The minimum absolute atomic E-state index is 0.266. The topological polar surface area (TPSA) is 41.6 Å². The number of alkyl carbamates (subject to hydrolysis) is 1. The summed E-state index contributed by atoms with van der Waals surface area (Å²) in [5.41, 5.74) is 0. The van der Waals surface area contributed by atoms with E-state index in [9.17, 15) is 4.79 Å². The van der Waals surface area contributed by atoms with Crippen LogP contribution in [0.1, 0.15) is 26.2 Å². The number of carbonyl (C=O) groups is 1. The maximum Gasteiger partial charge on any atom is 0.407 e. The van der Waals surface area contributed by atoms with Crippen molar-refractivity contribution in [3.63, 3.8) is 0 Å². The van der Waals surface area contributed by atoms with Crippen molar-refractivity contribution >= 4 is 6.09 Å². The highest BCUT2D eigenvalue weighted by atomic mass is 16.5. The zero-order valence-corrected chi connectivity index (χ0v) is 9.53. The first-order valence-electron chi connectivity index (χ1n) is 5.77. The van der Waals surface area contributed by atoms with Crippen molar-refractivity contribution in [3.8, 4) is 0 Å². The lowest BCUT2D eigenvalue weighted by molar-refractivity contribution is 0.125. The molecule has 0 aromatic heterocycles. The van der Waals surface area contributed by atoms with Gasteiger partial charge in [0.05, 0.1) is 7.11 Å². The Bertz CT molecular complexity index is 241. The van der Waals surface area contributed by atoms with E-state index >= 15 is 0 Å². The fourth-order valence-electron chi connectivity index (χ4n) is 2.46. The van der Waals surface area contributed by atoms with Crippen LogP contribution >= 0.6 is 0 Å². The fraction of sp³-hybridized carbons (Fsp3) is 0.909. The van der Waals surface area contributed by atoms with Crippen LogP contribution in [-0.2, 0) is 4.74 Å². The van der Waals surface area contributed by atoms with Gasteiger partial charge in [0.25, 0.3) is 0 Å². The van der Waals surface area contributed by atoms with Crippen molar-refractivity contribution < 1.29 is 9.53 Å². The molecule has 2 atom stereocenters. The van der Waals surface area contributed by atoms with E-state index in [0.29, 0.717) is 5.92 Å². The van der Waals surface area contributed by atoms with Gasteiger partial charge < -0.3 is 10.1 Å². The van der Waals surface area contributed by atoms with E-state index in [2.05, 4.69) is 21.9 Å². The Hall–Kier alpha value is -0.770. The highest BCUT2D eigenvalue weighted by Crippen LogP contribution is 2.30. The number of likely N-dealkylation sites (tertiary alicyclic amines) is 1. The van der Waals surface area contributed by atoms with E-state index in [0.717, 1.165) is 19.0 Å². The van der Waals surface area contributed by atoms with Crippen LogP contribution < -0.4 is 5.32 Å². The van der Waals surface area contributed by atoms with Gasteiger partial charge in [-0.1, -0.05) is 6.92 Å². The third kappa shape index (κ3) is 2.84. The molecule has 0 bridgehead atoms. The van der Waals surface area contributed by atoms with E-state index in [1.54, 1.807) is 0 Å². The normalized spacial score (nSPS) is 32.4. The number of nitrogens with zero attached hydrogens (tertiary/aromatic N) is 1. The van der Waals surface area contributed by atoms with E-state index in [-0.39, 0.29) is 12.1 Å². The predicted molar refractivity (Wildman–Crippen MR) is 57.7 cm³/mol. The van der Waals surface area contributed by atoms with Gasteiger partial charge in [-0.3, -0.25) is 4.90 Å². The maximum absolute atomic E-state index is 11.1. The van der Waals surface area contributed by atoms with Gasteiger partial charge in [-0.25, -0.2) is 4.79 Å². The van der Waals surface area contributed by atoms with Crippen LogP contribution in [-0.4, -0.2) is 43.3 Å². The van der Waals surface area contributed by atoms with Crippen LogP contribution in [0.5, 0.6) is 0 Å². The number of ether oxygens (including phenoxy) is 1. The number of hydrogen-bond donors (Lipinski definition) is 1. The molecule has 1 saturated heterocycles. The van der Waals surface area contributed by atoms with Gasteiger partial charge in [-0.15, -0.1) is 0 Å². The standard InChI is InChI=1S/C11H20N2O2/c1-8-5-9(12-11(14)15-2)7-13(6-8)10-3-4-10/h8-10H,3-7H2,1-2H3,(H,12,14). The molecule has 2 fully saturated rings. The number of nitrogens with one attached hydrogen (secondary N) is 1. The molecule has 0 aromatic rings. The van der Waals surface area contributed by atoms with Crippen molar-refractivity contribution in [2.45, 2.75) is 38.3 Å². The smallest absolute Gasteiger partial charge is 0.407 e. The summed E-state index contributed by atoms with van der Waals surface area (Å²) in [7, 11) is 1.42. The zero-order chi connectivity index (χ0) is 10.8. The Morgan fingerprint density at radius 3 is 2.73 bits per heavy atom. The summed E-state index contributed by atoms with van der Waals surface area (Å²) in [6.45, 7) is 4.43. The molecule has 1 aliphatic heterocycles. The molecule has 1 saturated carbocycles. The molecule has 15 heavy (non-hydrogen) atoms. The summed E-state index contributed by atoms with van der Waals surface area (Å²) in [4.78, 5) is 13.6. The molecular weight excluding hydrogens is 192 g/mol. The Morgan fingerprint density at radius 2 is 2.13 bits per heavy atom. The average molecular weight is 212 g/mol. The highest BCUT2D eigenvalue weighted by Gasteiger charge is 2.35. The summed E-state index contributed by atoms with van der Waals surface area (Å²) in [5.74, 6) is 0.668. The number of piperidine rings is 1. The second-order valence-corrected chi connectivity index (χ2v) is 4.86. The predicted octanol–water partition coefficient (Wildman–Crippen LogP) is 1.22. The lowest BCUT2D eigenvalue weighted by Gasteiger charge is -2.36. The molecule has 1 amide bonds. The Balaban J connectivity index is 1.85. The molecule has 4 heteroatoms. The van der Waals surface area contributed by atoms with Crippen LogP contribution in [0, 0.1) is 5.92 Å². The minimum atomic E-state index is -0.301. The van der Waals surface area contributed by atoms with E-state index in [4.69, 9.17) is 0 Å². The molecule has 0 spiro atoms. The second kappa shape index (κ2) is 4.39. The minimum Gasteiger partial charge on any atom is -0.453 e. The molecule has 2 aliphatic rings. The molecular formula is C11H20N2O2. The Morgan fingerprint density at radius 1 is 1.40 bits per heavy atom. The lowest BCUT2D eigenvalue weighted by Crippen LogP contribution is -2.50. The molecule has 2 rings (SSSR count). The van der Waals surface area contributed by atoms with Crippen LogP contribution in [0.3, 0.4) is 0 Å². The quantitative estimate of drug-likeness (QED) is 0.748. The second-order valence-electron chi connectivity index (χ2n) is 4.86. The number of methoxy groups -OCH3 is 1. The fourth-order valence-corrected chi connectivity index (χ4v) is 2.46. The number of hydrogen-bond acceptors (Lipinski definition) is 3. The van der Waals surface area contributed by atoms with E-state index in [1.807, 2.05) is 0 Å². The molecule has 1 N–H and O–H groups in total. The largest absolute Gasteiger partial charge is 0.453 e. The number of carbonyl (C=O) groups excluding carboxylic acids is 1. The lowest BCUT2D eigenvalue weighted by atomic mass is 9.96. The molecule has 1 aliphatic carbocycles. The number of rotatable bonds is 2. The third-order valence-electron chi connectivity index (χ3n) is 3.26. The molecule has 86 valence electrons. The summed E-state index contributed by atoms with van der Waals surface area (Å²) < 4.78 is 4.63. The van der Waals surface area contributed by atoms with Gasteiger partial charge in [0.15, 0.2) is 0 Å². The Labute approximate surface area is 91.0 Å². The van der Waals surface area contributed by atoms with Gasteiger partial charge in [0.2, 0.25) is 0 Å². The zero-order valence-electron chi connectivity index (χ0n) is 9.53. The molecule has 1 heterocycles. The SMILES string of the molecule is COC(=O)NC1CC(C)CN(C2CC2)C1. The first-order chi connectivity index (χ1) is 7.19. The van der Waals surface area contributed by atoms with Crippen LogP contribution in [0.2, 0.25) is 0 Å². The van der Waals surface area contributed by atoms with Crippen molar-refractivity contribution in [1.29, 1.82) is 0 Å². The number of amides is 1. The summed E-state index contributed by atoms with van der Waals surface area (Å²) >= 11 is 0.